The predicted molar refractivity (Wildman–Crippen MR) is 98.8 cm³/mol. The first-order chi connectivity index (χ1) is 12.2. The highest BCUT2D eigenvalue weighted by Gasteiger charge is 2.23. The molecule has 1 aromatic carbocycles. The zero-order chi connectivity index (χ0) is 19.3. The summed E-state index contributed by atoms with van der Waals surface area (Å²) in [5.41, 5.74) is -0.109. The Morgan fingerprint density at radius 1 is 1.27 bits per heavy atom. The second-order valence-corrected chi connectivity index (χ2v) is 8.00. The van der Waals surface area contributed by atoms with Gasteiger partial charge in [0.05, 0.1) is 11.9 Å². The summed E-state index contributed by atoms with van der Waals surface area (Å²) in [5, 5.41) is 11.1. The number of aliphatic hydroxyl groups is 1. The van der Waals surface area contributed by atoms with Gasteiger partial charge < -0.3 is 14.4 Å². The van der Waals surface area contributed by atoms with Gasteiger partial charge in [-0.25, -0.2) is 4.98 Å². The van der Waals surface area contributed by atoms with E-state index in [0.29, 0.717) is 10.9 Å². The molecule has 6 nitrogen and oxygen atoms in total. The molecule has 1 heterocycles. The number of carbonyl (C=O) groups excluding carboxylic acids is 2. The molecule has 0 fully saturated rings. The maximum absolute atomic E-state index is 12.0. The van der Waals surface area contributed by atoms with Crippen LogP contribution in [0.15, 0.2) is 46.6 Å². The molecule has 0 bridgehead atoms. The summed E-state index contributed by atoms with van der Waals surface area (Å²) in [6.07, 6.45) is 0.0236. The summed E-state index contributed by atoms with van der Waals surface area (Å²) in [6, 6.07) is 9.76. The first kappa shape index (κ1) is 20.2. The van der Waals surface area contributed by atoms with Crippen LogP contribution in [0.5, 0.6) is 0 Å². The van der Waals surface area contributed by atoms with Crippen LogP contribution >= 0.6 is 11.8 Å². The molecule has 140 valence electrons. The third-order valence-electron chi connectivity index (χ3n) is 3.46. The van der Waals surface area contributed by atoms with Crippen LogP contribution in [0.25, 0.3) is 0 Å². The second-order valence-electron chi connectivity index (χ2n) is 6.96. The minimum atomic E-state index is -1.02. The van der Waals surface area contributed by atoms with Crippen molar-refractivity contribution in [1.29, 1.82) is 0 Å². The van der Waals surface area contributed by atoms with Crippen molar-refractivity contribution in [2.45, 2.75) is 55.4 Å². The van der Waals surface area contributed by atoms with Gasteiger partial charge in [-0.05, 0) is 32.9 Å². The van der Waals surface area contributed by atoms with Crippen LogP contribution in [0.4, 0.5) is 0 Å². The molecule has 0 spiro atoms. The lowest BCUT2D eigenvalue weighted by molar-refractivity contribution is -0.156. The van der Waals surface area contributed by atoms with E-state index >= 15 is 0 Å². The molecule has 1 N–H and O–H groups in total. The molecule has 0 saturated heterocycles. The van der Waals surface area contributed by atoms with Crippen LogP contribution in [0, 0.1) is 0 Å². The minimum Gasteiger partial charge on any atom is -0.460 e. The fourth-order valence-corrected chi connectivity index (χ4v) is 3.19. The molecule has 1 aromatic heterocycles. The number of hydrogen-bond donors (Lipinski definition) is 1. The summed E-state index contributed by atoms with van der Waals surface area (Å²) in [6.45, 7) is 5.23. The van der Waals surface area contributed by atoms with Crippen molar-refractivity contribution < 1.29 is 19.4 Å². The van der Waals surface area contributed by atoms with E-state index in [9.17, 15) is 14.7 Å². The standard InChI is InChI=1S/C19H24N2O4S/c1-19(2,3)25-17(24)11-13(22)10-16(23)15-12-20-18(21(15)4)26-14-8-6-5-7-9-14/h5-9,12,16,23H,10-11H2,1-4H3/t16-/m1/s1. The number of carbonyl (C=O) groups is 2. The first-order valence-electron chi connectivity index (χ1n) is 8.32. The number of ketones is 1. The molecule has 2 aromatic rings. The molecule has 0 saturated carbocycles. The van der Waals surface area contributed by atoms with Crippen LogP contribution in [-0.2, 0) is 21.4 Å². The van der Waals surface area contributed by atoms with Gasteiger partial charge >= 0.3 is 5.97 Å². The Labute approximate surface area is 157 Å². The van der Waals surface area contributed by atoms with Gasteiger partial charge in [-0.3, -0.25) is 9.59 Å². The molecular formula is C19H24N2O4S. The SMILES string of the molecule is Cn1c([C@H](O)CC(=O)CC(=O)OC(C)(C)C)cnc1Sc1ccccc1. The van der Waals surface area contributed by atoms with Crippen LogP contribution in [0.2, 0.25) is 0 Å². The highest BCUT2D eigenvalue weighted by atomic mass is 32.2. The zero-order valence-corrected chi connectivity index (χ0v) is 16.2. The predicted octanol–water partition coefficient (Wildman–Crippen LogP) is 3.30. The van der Waals surface area contributed by atoms with E-state index in [1.165, 1.54) is 11.8 Å². The number of aliphatic hydroxyl groups excluding tert-OH is 1. The molecule has 26 heavy (non-hydrogen) atoms. The molecule has 0 aliphatic heterocycles. The minimum absolute atomic E-state index is 0.159. The summed E-state index contributed by atoms with van der Waals surface area (Å²) in [5.74, 6) is -0.953. The molecule has 0 aliphatic rings. The average Bonchev–Trinajstić information content (AvgIpc) is 2.87. The molecular weight excluding hydrogens is 352 g/mol. The second kappa shape index (κ2) is 8.51. The normalized spacial score (nSPS) is 12.7. The number of benzene rings is 1. The van der Waals surface area contributed by atoms with Gasteiger partial charge in [-0.1, -0.05) is 30.0 Å². The van der Waals surface area contributed by atoms with E-state index < -0.39 is 17.7 Å². The van der Waals surface area contributed by atoms with Crippen molar-refractivity contribution in [1.82, 2.24) is 9.55 Å². The maximum Gasteiger partial charge on any atom is 0.313 e. The number of hydrogen-bond acceptors (Lipinski definition) is 6. The van der Waals surface area contributed by atoms with Gasteiger partial charge in [0.1, 0.15) is 23.9 Å². The quantitative estimate of drug-likeness (QED) is 0.590. The van der Waals surface area contributed by atoms with E-state index in [1.807, 2.05) is 30.3 Å². The van der Waals surface area contributed by atoms with Gasteiger partial charge in [-0.15, -0.1) is 0 Å². The van der Waals surface area contributed by atoms with Crippen LogP contribution in [0.3, 0.4) is 0 Å². The highest BCUT2D eigenvalue weighted by Crippen LogP contribution is 2.29. The maximum atomic E-state index is 12.0. The average molecular weight is 376 g/mol. The van der Waals surface area contributed by atoms with Crippen molar-refractivity contribution in [3.05, 3.63) is 42.2 Å². The Kier molecular flexibility index (Phi) is 6.61. The number of ether oxygens (including phenoxy) is 1. The van der Waals surface area contributed by atoms with Gasteiger partial charge in [0.2, 0.25) is 0 Å². The van der Waals surface area contributed by atoms with Crippen LogP contribution in [-0.4, -0.2) is 32.0 Å². The Morgan fingerprint density at radius 2 is 1.92 bits per heavy atom. The first-order valence-corrected chi connectivity index (χ1v) is 9.13. The van der Waals surface area contributed by atoms with E-state index in [-0.39, 0.29) is 18.6 Å². The molecule has 7 heteroatoms. The topological polar surface area (TPSA) is 81.4 Å². The fraction of sp³-hybridized carbons (Fsp3) is 0.421. The third-order valence-corrected chi connectivity index (χ3v) is 4.53. The largest absolute Gasteiger partial charge is 0.460 e. The molecule has 0 amide bonds. The van der Waals surface area contributed by atoms with Crippen LogP contribution in [0.1, 0.15) is 45.4 Å². The van der Waals surface area contributed by atoms with Crippen molar-refractivity contribution in [2.24, 2.45) is 7.05 Å². The van der Waals surface area contributed by atoms with Crippen molar-refractivity contribution in [3.8, 4) is 0 Å². The Morgan fingerprint density at radius 3 is 2.54 bits per heavy atom. The molecule has 2 rings (SSSR count). The summed E-state index contributed by atoms with van der Waals surface area (Å²) >= 11 is 1.47. The number of rotatable bonds is 7. The molecule has 1 atom stereocenters. The van der Waals surface area contributed by atoms with Crippen molar-refractivity contribution in [3.63, 3.8) is 0 Å². The number of esters is 1. The highest BCUT2D eigenvalue weighted by molar-refractivity contribution is 7.99. The molecule has 0 radical (unpaired) electrons. The van der Waals surface area contributed by atoms with E-state index in [4.69, 9.17) is 4.74 Å². The van der Waals surface area contributed by atoms with Crippen LogP contribution < -0.4 is 0 Å². The Balaban J connectivity index is 1.96. The van der Waals surface area contributed by atoms with E-state index in [2.05, 4.69) is 4.98 Å². The molecule has 0 aliphatic carbocycles. The lowest BCUT2D eigenvalue weighted by Crippen LogP contribution is -2.25. The fourth-order valence-electron chi connectivity index (χ4n) is 2.33. The van der Waals surface area contributed by atoms with Crippen molar-refractivity contribution >= 4 is 23.5 Å². The van der Waals surface area contributed by atoms with Gasteiger partial charge in [0.15, 0.2) is 5.16 Å². The third kappa shape index (κ3) is 6.00. The number of aromatic nitrogens is 2. The number of nitrogens with zero attached hydrogens (tertiary/aromatic N) is 2. The lowest BCUT2D eigenvalue weighted by Gasteiger charge is -2.19. The number of Topliss-reactive ketones (excluding diaryl/α,β-unsaturated/α-hetero) is 1. The Hall–Kier alpha value is -2.12. The van der Waals surface area contributed by atoms with Gasteiger partial charge in [0, 0.05) is 18.4 Å². The summed E-state index contributed by atoms with van der Waals surface area (Å²) in [4.78, 5) is 29.1. The van der Waals surface area contributed by atoms with Gasteiger partial charge in [0.25, 0.3) is 0 Å². The molecule has 0 unspecified atom stereocenters. The summed E-state index contributed by atoms with van der Waals surface area (Å²) < 4.78 is 6.88. The number of imidazole rings is 1. The van der Waals surface area contributed by atoms with Crippen molar-refractivity contribution in [2.75, 3.05) is 0 Å². The smallest absolute Gasteiger partial charge is 0.313 e. The van der Waals surface area contributed by atoms with E-state index in [0.717, 1.165) is 4.90 Å². The van der Waals surface area contributed by atoms with E-state index in [1.54, 1.807) is 38.6 Å². The van der Waals surface area contributed by atoms with Gasteiger partial charge in [-0.2, -0.15) is 0 Å². The zero-order valence-electron chi connectivity index (χ0n) is 15.4. The Bertz CT molecular complexity index is 766. The monoisotopic (exact) mass is 376 g/mol. The summed E-state index contributed by atoms with van der Waals surface area (Å²) in [7, 11) is 1.79. The lowest BCUT2D eigenvalue weighted by atomic mass is 10.1.